The van der Waals surface area contributed by atoms with Crippen molar-refractivity contribution in [2.24, 2.45) is 0 Å². The molecule has 1 aromatic rings. The van der Waals surface area contributed by atoms with Gasteiger partial charge in [-0.05, 0) is 28.7 Å². The van der Waals surface area contributed by atoms with E-state index in [1.165, 1.54) is 22.3 Å². The highest BCUT2D eigenvalue weighted by atomic mass is 14.1. The highest BCUT2D eigenvalue weighted by Crippen LogP contribution is 2.28. The summed E-state index contributed by atoms with van der Waals surface area (Å²) < 4.78 is 0. The molecule has 0 aliphatic heterocycles. The molecule has 0 nitrogen and oxygen atoms in total. The van der Waals surface area contributed by atoms with Crippen molar-refractivity contribution in [3.63, 3.8) is 0 Å². The second kappa shape index (κ2) is 3.39. The van der Waals surface area contributed by atoms with Gasteiger partial charge < -0.3 is 0 Å². The Morgan fingerprint density at radius 2 is 1.53 bits per heavy atom. The van der Waals surface area contributed by atoms with Gasteiger partial charge in [0, 0.05) is 0 Å². The molecule has 2 aliphatic carbocycles. The van der Waals surface area contributed by atoms with Crippen LogP contribution in [-0.4, -0.2) is 0 Å². The summed E-state index contributed by atoms with van der Waals surface area (Å²) in [4.78, 5) is 0. The summed E-state index contributed by atoms with van der Waals surface area (Å²) in [5, 5.41) is 0. The van der Waals surface area contributed by atoms with E-state index in [9.17, 15) is 0 Å². The third kappa shape index (κ3) is 1.39. The Morgan fingerprint density at radius 3 is 2.47 bits per heavy atom. The fourth-order valence-electron chi connectivity index (χ4n) is 2.17. The monoisotopic (exact) mass is 192 g/mol. The highest BCUT2D eigenvalue weighted by Gasteiger charge is 2.11. The lowest BCUT2D eigenvalue weighted by Gasteiger charge is -2.09. The quantitative estimate of drug-likeness (QED) is 0.585. The maximum atomic E-state index is 2.23. The van der Waals surface area contributed by atoms with Crippen LogP contribution in [0.2, 0.25) is 0 Å². The van der Waals surface area contributed by atoms with Crippen molar-refractivity contribution in [2.75, 3.05) is 0 Å². The van der Waals surface area contributed by atoms with Crippen LogP contribution in [0.15, 0.2) is 42.5 Å². The normalized spacial score (nSPS) is 16.0. The number of hydrogen-bond acceptors (Lipinski definition) is 0. The Hall–Kier alpha value is -1.82. The molecule has 0 saturated heterocycles. The van der Waals surface area contributed by atoms with E-state index in [4.69, 9.17) is 0 Å². The number of benzene rings is 1. The van der Waals surface area contributed by atoms with Gasteiger partial charge in [-0.15, -0.1) is 0 Å². The Labute approximate surface area is 89.9 Å². The topological polar surface area (TPSA) is 0 Å². The molecule has 2 aliphatic rings. The number of fused-ring (bicyclic) bond motifs is 3. The van der Waals surface area contributed by atoms with Crippen LogP contribution in [0.5, 0.6) is 0 Å². The molecule has 0 radical (unpaired) electrons. The van der Waals surface area contributed by atoms with Gasteiger partial charge in [0.15, 0.2) is 0 Å². The smallest absolute Gasteiger partial charge is 0.00820 e. The Balaban J connectivity index is 2.25. The first-order chi connectivity index (χ1) is 7.45. The van der Waals surface area contributed by atoms with Crippen LogP contribution >= 0.6 is 0 Å². The Morgan fingerprint density at radius 1 is 0.733 bits per heavy atom. The summed E-state index contributed by atoms with van der Waals surface area (Å²) in [6.45, 7) is 0. The standard InChI is InChI=1S/C15H12/c1-2-4-8-14-12(6-3-1)10-11-13-7-5-9-15(13)14/h1-8,10-11H,9H2. The fraction of sp³-hybridized carbons (Fsp3) is 0.0667. The maximum absolute atomic E-state index is 2.23. The van der Waals surface area contributed by atoms with E-state index in [0.717, 1.165) is 6.42 Å². The molecule has 1 aromatic carbocycles. The summed E-state index contributed by atoms with van der Waals surface area (Å²) in [6.07, 6.45) is 18.2. The zero-order chi connectivity index (χ0) is 10.1. The summed E-state index contributed by atoms with van der Waals surface area (Å²) >= 11 is 0. The minimum Gasteiger partial charge on any atom is -0.0795 e. The van der Waals surface area contributed by atoms with Gasteiger partial charge in [0.2, 0.25) is 0 Å². The van der Waals surface area contributed by atoms with E-state index in [2.05, 4.69) is 60.7 Å². The predicted molar refractivity (Wildman–Crippen MR) is 66.4 cm³/mol. The largest absolute Gasteiger partial charge is 0.0795 e. The fourth-order valence-corrected chi connectivity index (χ4v) is 2.17. The lowest BCUT2D eigenvalue weighted by molar-refractivity contribution is 1.29. The minimum absolute atomic E-state index is 1.07. The molecule has 15 heavy (non-hydrogen) atoms. The third-order valence-corrected chi connectivity index (χ3v) is 2.92. The van der Waals surface area contributed by atoms with Gasteiger partial charge in [0.1, 0.15) is 0 Å². The van der Waals surface area contributed by atoms with Gasteiger partial charge in [-0.1, -0.05) is 60.7 Å². The second-order valence-corrected chi connectivity index (χ2v) is 3.85. The molecule has 0 saturated carbocycles. The average molecular weight is 192 g/mol. The van der Waals surface area contributed by atoms with Gasteiger partial charge in [-0.3, -0.25) is 0 Å². The SMILES string of the molecule is C1=CC=Cc2c(ccc3c2CC=C3)C=C1. The minimum atomic E-state index is 1.07. The molecule has 0 atom stereocenters. The second-order valence-electron chi connectivity index (χ2n) is 3.85. The highest BCUT2D eigenvalue weighted by molar-refractivity contribution is 5.76. The zero-order valence-electron chi connectivity index (χ0n) is 8.48. The number of rotatable bonds is 0. The molecule has 0 spiro atoms. The van der Waals surface area contributed by atoms with Crippen molar-refractivity contribution in [1.29, 1.82) is 0 Å². The molecule has 0 heterocycles. The predicted octanol–water partition coefficient (Wildman–Crippen LogP) is 3.85. The van der Waals surface area contributed by atoms with Crippen LogP contribution in [0, 0.1) is 0 Å². The van der Waals surface area contributed by atoms with Crippen LogP contribution in [0.4, 0.5) is 0 Å². The van der Waals surface area contributed by atoms with E-state index >= 15 is 0 Å². The zero-order valence-corrected chi connectivity index (χ0v) is 8.48. The van der Waals surface area contributed by atoms with Gasteiger partial charge in [-0.25, -0.2) is 0 Å². The van der Waals surface area contributed by atoms with Crippen molar-refractivity contribution >= 4 is 18.2 Å². The summed E-state index contributed by atoms with van der Waals surface area (Å²) in [6, 6.07) is 4.41. The van der Waals surface area contributed by atoms with Crippen molar-refractivity contribution in [3.8, 4) is 0 Å². The van der Waals surface area contributed by atoms with Crippen molar-refractivity contribution < 1.29 is 0 Å². The molecule has 3 rings (SSSR count). The van der Waals surface area contributed by atoms with Gasteiger partial charge >= 0.3 is 0 Å². The summed E-state index contributed by atoms with van der Waals surface area (Å²) in [5.41, 5.74) is 5.52. The van der Waals surface area contributed by atoms with E-state index in [0.29, 0.717) is 0 Å². The molecular formula is C15H12. The van der Waals surface area contributed by atoms with E-state index in [1.807, 2.05) is 0 Å². The van der Waals surface area contributed by atoms with Crippen LogP contribution < -0.4 is 0 Å². The van der Waals surface area contributed by atoms with Crippen molar-refractivity contribution in [3.05, 3.63) is 64.8 Å². The van der Waals surface area contributed by atoms with Gasteiger partial charge in [0.25, 0.3) is 0 Å². The Kier molecular flexibility index (Phi) is 1.92. The first-order valence-corrected chi connectivity index (χ1v) is 5.29. The molecule has 0 amide bonds. The molecule has 0 heteroatoms. The van der Waals surface area contributed by atoms with E-state index in [-0.39, 0.29) is 0 Å². The molecule has 0 bridgehead atoms. The molecular weight excluding hydrogens is 180 g/mol. The van der Waals surface area contributed by atoms with Gasteiger partial charge in [0.05, 0.1) is 0 Å². The van der Waals surface area contributed by atoms with E-state index < -0.39 is 0 Å². The van der Waals surface area contributed by atoms with Crippen molar-refractivity contribution in [1.82, 2.24) is 0 Å². The average Bonchev–Trinajstić information content (AvgIpc) is 2.65. The Bertz CT molecular complexity index is 511. The first-order valence-electron chi connectivity index (χ1n) is 5.29. The van der Waals surface area contributed by atoms with Crippen LogP contribution in [-0.2, 0) is 6.42 Å². The van der Waals surface area contributed by atoms with Crippen LogP contribution in [0.1, 0.15) is 22.3 Å². The van der Waals surface area contributed by atoms with Crippen LogP contribution in [0.3, 0.4) is 0 Å². The molecule has 0 aromatic heterocycles. The lowest BCUT2D eigenvalue weighted by atomic mass is 9.95. The first kappa shape index (κ1) is 8.49. The summed E-state index contributed by atoms with van der Waals surface area (Å²) in [7, 11) is 0. The number of allylic oxidation sites excluding steroid dienone is 5. The van der Waals surface area contributed by atoms with E-state index in [1.54, 1.807) is 0 Å². The third-order valence-electron chi connectivity index (χ3n) is 2.92. The number of hydrogen-bond donors (Lipinski definition) is 0. The summed E-state index contributed by atoms with van der Waals surface area (Å²) in [5.74, 6) is 0. The van der Waals surface area contributed by atoms with Crippen LogP contribution in [0.25, 0.3) is 18.2 Å². The maximum Gasteiger partial charge on any atom is -0.00820 e. The molecule has 72 valence electrons. The molecule has 0 unspecified atom stereocenters. The van der Waals surface area contributed by atoms with Gasteiger partial charge in [-0.2, -0.15) is 0 Å². The lowest BCUT2D eigenvalue weighted by Crippen LogP contribution is -1.91. The van der Waals surface area contributed by atoms with Crippen molar-refractivity contribution in [2.45, 2.75) is 6.42 Å². The molecule has 0 N–H and O–H groups in total. The molecule has 0 fully saturated rings.